The number of fused-ring (bicyclic) bond motifs is 1. The van der Waals surface area contributed by atoms with Crippen LogP contribution < -0.4 is 5.32 Å². The Kier molecular flexibility index (Phi) is 5.13. The van der Waals surface area contributed by atoms with E-state index in [1.54, 1.807) is 16.0 Å². The Morgan fingerprint density at radius 3 is 2.79 bits per heavy atom. The summed E-state index contributed by atoms with van der Waals surface area (Å²) in [5.41, 5.74) is 2.75. The summed E-state index contributed by atoms with van der Waals surface area (Å²) in [5, 5.41) is 10.1. The number of pyridine rings is 1. The van der Waals surface area contributed by atoms with Crippen LogP contribution in [-0.2, 0) is 11.8 Å². The molecule has 0 radical (unpaired) electrons. The molecule has 2 amide bonds. The zero-order valence-electron chi connectivity index (χ0n) is 16.1. The molecule has 1 aliphatic rings. The Morgan fingerprint density at radius 2 is 2.07 bits per heavy atom. The van der Waals surface area contributed by atoms with E-state index in [2.05, 4.69) is 10.4 Å². The molecule has 0 atom stereocenters. The number of likely N-dealkylation sites (tertiary alicyclic amines) is 1. The first-order chi connectivity index (χ1) is 13.5. The maximum Gasteiger partial charge on any atom is 0.252 e. The Labute approximate surface area is 167 Å². The molecule has 0 saturated carbocycles. The number of carbonyl (C=O) groups is 2. The molecule has 0 spiro atoms. The highest BCUT2D eigenvalue weighted by atomic mass is 32.1. The number of hydrogen-bond acceptors (Lipinski definition) is 5. The molecule has 0 unspecified atom stereocenters. The first-order valence-corrected chi connectivity index (χ1v) is 10.4. The molecule has 3 aromatic rings. The van der Waals surface area contributed by atoms with Crippen molar-refractivity contribution in [3.8, 4) is 10.6 Å². The first-order valence-electron chi connectivity index (χ1n) is 9.49. The van der Waals surface area contributed by atoms with Gasteiger partial charge in [0.05, 0.1) is 27.2 Å². The third-order valence-corrected chi connectivity index (χ3v) is 5.96. The second kappa shape index (κ2) is 7.71. The second-order valence-corrected chi connectivity index (χ2v) is 7.98. The van der Waals surface area contributed by atoms with Crippen LogP contribution in [0.15, 0.2) is 23.6 Å². The van der Waals surface area contributed by atoms with Gasteiger partial charge in [-0.2, -0.15) is 5.10 Å². The number of rotatable bonds is 5. The molecular formula is C20H23N5O2S. The third kappa shape index (κ3) is 3.52. The largest absolute Gasteiger partial charge is 0.351 e. The van der Waals surface area contributed by atoms with Gasteiger partial charge in [0.15, 0.2) is 5.65 Å². The summed E-state index contributed by atoms with van der Waals surface area (Å²) in [6, 6.07) is 5.77. The number of carbonyl (C=O) groups excluding carboxylic acids is 2. The van der Waals surface area contributed by atoms with E-state index in [1.807, 2.05) is 42.5 Å². The van der Waals surface area contributed by atoms with Crippen LogP contribution in [0.3, 0.4) is 0 Å². The van der Waals surface area contributed by atoms with Gasteiger partial charge in [-0.1, -0.05) is 6.07 Å². The van der Waals surface area contributed by atoms with Crippen LogP contribution in [0.1, 0.15) is 35.3 Å². The Bertz CT molecular complexity index is 1020. The van der Waals surface area contributed by atoms with E-state index in [0.717, 1.165) is 47.6 Å². The van der Waals surface area contributed by atoms with Crippen molar-refractivity contribution in [1.82, 2.24) is 25.0 Å². The molecule has 146 valence electrons. The highest BCUT2D eigenvalue weighted by molar-refractivity contribution is 7.13. The molecule has 0 bridgehead atoms. The average molecular weight is 398 g/mol. The van der Waals surface area contributed by atoms with Gasteiger partial charge in [0.2, 0.25) is 5.91 Å². The lowest BCUT2D eigenvalue weighted by Crippen LogP contribution is -2.32. The number of hydrogen-bond donors (Lipinski definition) is 1. The van der Waals surface area contributed by atoms with Crippen LogP contribution in [0.4, 0.5) is 0 Å². The number of amides is 2. The fourth-order valence-electron chi connectivity index (χ4n) is 3.68. The van der Waals surface area contributed by atoms with E-state index < -0.39 is 0 Å². The van der Waals surface area contributed by atoms with Gasteiger partial charge in [-0.05, 0) is 37.3 Å². The Balaban J connectivity index is 1.57. The number of aromatic nitrogens is 3. The lowest BCUT2D eigenvalue weighted by molar-refractivity contribution is -0.129. The molecule has 0 aromatic carbocycles. The van der Waals surface area contributed by atoms with Gasteiger partial charge >= 0.3 is 0 Å². The molecule has 1 saturated heterocycles. The minimum Gasteiger partial charge on any atom is -0.351 e. The first kappa shape index (κ1) is 18.6. The molecule has 7 nitrogen and oxygen atoms in total. The zero-order chi connectivity index (χ0) is 19.7. The molecule has 8 heteroatoms. The van der Waals surface area contributed by atoms with E-state index in [4.69, 9.17) is 4.98 Å². The van der Waals surface area contributed by atoms with Gasteiger partial charge in [-0.25, -0.2) is 4.98 Å². The summed E-state index contributed by atoms with van der Waals surface area (Å²) in [5.74, 6) is -0.0926. The monoisotopic (exact) mass is 397 g/mol. The van der Waals surface area contributed by atoms with Crippen molar-refractivity contribution in [2.45, 2.75) is 26.2 Å². The fraction of sp³-hybridized carbons (Fsp3) is 0.400. The fourth-order valence-corrected chi connectivity index (χ4v) is 4.36. The summed E-state index contributed by atoms with van der Waals surface area (Å²) >= 11 is 1.58. The molecule has 0 aliphatic carbocycles. The summed E-state index contributed by atoms with van der Waals surface area (Å²) in [6.45, 7) is 3.86. The summed E-state index contributed by atoms with van der Waals surface area (Å²) in [4.78, 5) is 32.7. The van der Waals surface area contributed by atoms with Crippen molar-refractivity contribution in [3.63, 3.8) is 0 Å². The molecule has 3 aromatic heterocycles. The Morgan fingerprint density at radius 1 is 1.29 bits per heavy atom. The van der Waals surface area contributed by atoms with Crippen LogP contribution in [0.2, 0.25) is 0 Å². The van der Waals surface area contributed by atoms with Crippen molar-refractivity contribution >= 4 is 34.2 Å². The van der Waals surface area contributed by atoms with Crippen molar-refractivity contribution in [2.75, 3.05) is 19.6 Å². The molecule has 28 heavy (non-hydrogen) atoms. The molecule has 1 N–H and O–H groups in total. The van der Waals surface area contributed by atoms with Gasteiger partial charge in [-0.15, -0.1) is 11.3 Å². The maximum atomic E-state index is 12.9. The molecular weight excluding hydrogens is 374 g/mol. The molecule has 1 aliphatic heterocycles. The lowest BCUT2D eigenvalue weighted by Gasteiger charge is -2.15. The zero-order valence-corrected chi connectivity index (χ0v) is 16.9. The lowest BCUT2D eigenvalue weighted by atomic mass is 10.1. The highest BCUT2D eigenvalue weighted by Gasteiger charge is 2.21. The standard InChI is InChI=1S/C20H23N5O2S/c1-13-18-14(20(27)21-8-7-17(26)25-9-3-4-10-25)12-15(16-6-5-11-28-16)22-19(18)24(2)23-13/h5-6,11-12H,3-4,7-10H2,1-2H3,(H,21,27). The van der Waals surface area contributed by atoms with E-state index in [-0.39, 0.29) is 11.8 Å². The van der Waals surface area contributed by atoms with Gasteiger partial charge in [0.25, 0.3) is 5.91 Å². The van der Waals surface area contributed by atoms with Crippen LogP contribution in [0, 0.1) is 6.92 Å². The number of nitrogens with one attached hydrogen (secondary N) is 1. The summed E-state index contributed by atoms with van der Waals surface area (Å²) < 4.78 is 1.70. The van der Waals surface area contributed by atoms with Gasteiger partial charge in [-0.3, -0.25) is 14.3 Å². The van der Waals surface area contributed by atoms with Crippen LogP contribution in [0.5, 0.6) is 0 Å². The minimum atomic E-state index is -0.199. The summed E-state index contributed by atoms with van der Waals surface area (Å²) in [7, 11) is 1.83. The van der Waals surface area contributed by atoms with Crippen LogP contribution in [-0.4, -0.2) is 51.1 Å². The minimum absolute atomic E-state index is 0.106. The maximum absolute atomic E-state index is 12.9. The van der Waals surface area contributed by atoms with Gasteiger partial charge < -0.3 is 10.2 Å². The topological polar surface area (TPSA) is 80.1 Å². The van der Waals surface area contributed by atoms with Gasteiger partial charge in [0.1, 0.15) is 0 Å². The number of thiophene rings is 1. The van der Waals surface area contributed by atoms with E-state index in [1.165, 1.54) is 0 Å². The van der Waals surface area contributed by atoms with E-state index >= 15 is 0 Å². The predicted octanol–water partition coefficient (Wildman–Crippen LogP) is 2.75. The van der Waals surface area contributed by atoms with Crippen molar-refractivity contribution in [3.05, 3.63) is 34.8 Å². The van der Waals surface area contributed by atoms with Crippen molar-refractivity contribution < 1.29 is 9.59 Å². The molecule has 1 fully saturated rings. The quantitative estimate of drug-likeness (QED) is 0.718. The van der Waals surface area contributed by atoms with Gasteiger partial charge in [0, 0.05) is 33.1 Å². The predicted molar refractivity (Wildman–Crippen MR) is 109 cm³/mol. The van der Waals surface area contributed by atoms with E-state index in [9.17, 15) is 9.59 Å². The second-order valence-electron chi connectivity index (χ2n) is 7.03. The van der Waals surface area contributed by atoms with Crippen molar-refractivity contribution in [2.24, 2.45) is 7.05 Å². The summed E-state index contributed by atoms with van der Waals surface area (Å²) in [6.07, 6.45) is 2.46. The normalized spacial score (nSPS) is 14.0. The van der Waals surface area contributed by atoms with Crippen LogP contribution >= 0.6 is 11.3 Å². The molecule has 4 heterocycles. The highest BCUT2D eigenvalue weighted by Crippen LogP contribution is 2.29. The smallest absolute Gasteiger partial charge is 0.252 e. The van der Waals surface area contributed by atoms with Crippen LogP contribution in [0.25, 0.3) is 21.6 Å². The number of nitrogens with zero attached hydrogens (tertiary/aromatic N) is 4. The van der Waals surface area contributed by atoms with Crippen molar-refractivity contribution in [1.29, 1.82) is 0 Å². The van der Waals surface area contributed by atoms with E-state index in [0.29, 0.717) is 24.2 Å². The third-order valence-electron chi connectivity index (χ3n) is 5.07. The Hall–Kier alpha value is -2.74. The number of aryl methyl sites for hydroxylation is 2. The SMILES string of the molecule is Cc1nn(C)c2nc(-c3cccs3)cc(C(=O)NCCC(=O)N3CCCC3)c12. The molecule has 4 rings (SSSR count). The average Bonchev–Trinajstić information content (AvgIpc) is 3.43.